The van der Waals surface area contributed by atoms with Crippen molar-refractivity contribution in [3.05, 3.63) is 66.0 Å². The second-order valence-electron chi connectivity index (χ2n) is 8.67. The SMILES string of the molecule is CN/N=C\N(CC1=CCCC(NC(=O)c2cc(-c3cnc4c(c3)ncn4C)ccn2)=C1)C1CC1. The van der Waals surface area contributed by atoms with E-state index in [0.29, 0.717) is 11.7 Å². The van der Waals surface area contributed by atoms with Gasteiger partial charge in [0, 0.05) is 50.3 Å². The van der Waals surface area contributed by atoms with Crippen LogP contribution in [0.4, 0.5) is 0 Å². The Morgan fingerprint density at radius 3 is 2.97 bits per heavy atom. The fraction of sp³-hybridized carbons (Fsp3) is 0.320. The summed E-state index contributed by atoms with van der Waals surface area (Å²) in [6.45, 7) is 0.784. The van der Waals surface area contributed by atoms with Gasteiger partial charge in [-0.3, -0.25) is 9.78 Å². The van der Waals surface area contributed by atoms with E-state index in [1.165, 1.54) is 18.4 Å². The topological polar surface area (TPSA) is 100 Å². The first-order valence-corrected chi connectivity index (χ1v) is 11.5. The predicted molar refractivity (Wildman–Crippen MR) is 132 cm³/mol. The molecule has 0 atom stereocenters. The van der Waals surface area contributed by atoms with Gasteiger partial charge in [-0.25, -0.2) is 9.97 Å². The summed E-state index contributed by atoms with van der Waals surface area (Å²) in [5, 5.41) is 7.23. The molecule has 3 aromatic rings. The molecule has 3 heterocycles. The molecule has 174 valence electrons. The number of fused-ring (bicyclic) bond motifs is 1. The van der Waals surface area contributed by atoms with E-state index in [1.807, 2.05) is 30.1 Å². The van der Waals surface area contributed by atoms with Gasteiger partial charge >= 0.3 is 0 Å². The molecule has 34 heavy (non-hydrogen) atoms. The Kier molecular flexibility index (Phi) is 6.07. The molecule has 3 aromatic heterocycles. The van der Waals surface area contributed by atoms with Crippen molar-refractivity contribution in [3.8, 4) is 11.1 Å². The van der Waals surface area contributed by atoms with Crippen LogP contribution in [0.25, 0.3) is 22.3 Å². The lowest BCUT2D eigenvalue weighted by atomic mass is 10.0. The Hall–Kier alpha value is -4.01. The van der Waals surface area contributed by atoms with E-state index in [2.05, 4.69) is 47.8 Å². The van der Waals surface area contributed by atoms with Crippen LogP contribution in [-0.2, 0) is 7.05 Å². The van der Waals surface area contributed by atoms with Crippen LogP contribution < -0.4 is 10.7 Å². The van der Waals surface area contributed by atoms with Crippen LogP contribution in [0.3, 0.4) is 0 Å². The molecule has 0 bridgehead atoms. The molecule has 1 amide bonds. The Morgan fingerprint density at radius 2 is 2.15 bits per heavy atom. The van der Waals surface area contributed by atoms with E-state index in [-0.39, 0.29) is 5.91 Å². The molecular weight excluding hydrogens is 428 g/mol. The second kappa shape index (κ2) is 9.46. The average Bonchev–Trinajstić information content (AvgIpc) is 3.64. The monoisotopic (exact) mass is 456 g/mol. The molecule has 9 nitrogen and oxygen atoms in total. The van der Waals surface area contributed by atoms with E-state index in [4.69, 9.17) is 0 Å². The number of aromatic nitrogens is 4. The fourth-order valence-corrected chi connectivity index (χ4v) is 4.11. The van der Waals surface area contributed by atoms with Gasteiger partial charge in [0.2, 0.25) is 0 Å². The minimum Gasteiger partial charge on any atom is -0.354 e. The van der Waals surface area contributed by atoms with E-state index < -0.39 is 0 Å². The summed E-state index contributed by atoms with van der Waals surface area (Å²) in [6.07, 6.45) is 15.5. The summed E-state index contributed by atoms with van der Waals surface area (Å²) < 4.78 is 1.88. The summed E-state index contributed by atoms with van der Waals surface area (Å²) in [6, 6.07) is 6.20. The highest BCUT2D eigenvalue weighted by Crippen LogP contribution is 2.28. The summed E-state index contributed by atoms with van der Waals surface area (Å²) >= 11 is 0. The number of hydrogen-bond donors (Lipinski definition) is 2. The smallest absolute Gasteiger partial charge is 0.274 e. The molecule has 1 fully saturated rings. The lowest BCUT2D eigenvalue weighted by Gasteiger charge is -2.22. The van der Waals surface area contributed by atoms with Crippen LogP contribution in [0.15, 0.2) is 65.4 Å². The quantitative estimate of drug-likeness (QED) is 0.307. The van der Waals surface area contributed by atoms with E-state index in [1.54, 1.807) is 31.8 Å². The lowest BCUT2D eigenvalue weighted by molar-refractivity contribution is 0.0959. The number of hydrogen-bond acceptors (Lipinski definition) is 6. The Morgan fingerprint density at radius 1 is 1.26 bits per heavy atom. The number of allylic oxidation sites excluding steroid dienone is 2. The van der Waals surface area contributed by atoms with Crippen molar-refractivity contribution in [2.45, 2.75) is 31.7 Å². The number of hydrazone groups is 1. The van der Waals surface area contributed by atoms with Crippen molar-refractivity contribution >= 4 is 23.4 Å². The van der Waals surface area contributed by atoms with Crippen molar-refractivity contribution in [2.75, 3.05) is 13.6 Å². The largest absolute Gasteiger partial charge is 0.354 e. The molecule has 2 aliphatic rings. The number of nitrogens with one attached hydrogen (secondary N) is 2. The number of amides is 1. The summed E-state index contributed by atoms with van der Waals surface area (Å²) in [5.74, 6) is -0.211. The van der Waals surface area contributed by atoms with E-state index >= 15 is 0 Å². The van der Waals surface area contributed by atoms with E-state index in [0.717, 1.165) is 47.4 Å². The van der Waals surface area contributed by atoms with Crippen LogP contribution in [0.5, 0.6) is 0 Å². The van der Waals surface area contributed by atoms with Gasteiger partial charge < -0.3 is 20.2 Å². The molecule has 2 N–H and O–H groups in total. The van der Waals surface area contributed by atoms with Gasteiger partial charge in [-0.2, -0.15) is 5.10 Å². The minimum absolute atomic E-state index is 0.211. The Balaban J connectivity index is 1.29. The molecule has 2 aliphatic carbocycles. The predicted octanol–water partition coefficient (Wildman–Crippen LogP) is 2.99. The third kappa shape index (κ3) is 4.83. The third-order valence-electron chi connectivity index (χ3n) is 6.05. The maximum absolute atomic E-state index is 13.0. The first-order chi connectivity index (χ1) is 16.6. The molecule has 0 radical (unpaired) electrons. The highest BCUT2D eigenvalue weighted by molar-refractivity contribution is 5.94. The molecule has 0 aliphatic heterocycles. The number of rotatable bonds is 8. The molecule has 0 aromatic carbocycles. The average molecular weight is 457 g/mol. The molecule has 9 heteroatoms. The molecule has 1 saturated carbocycles. The summed E-state index contributed by atoms with van der Waals surface area (Å²) in [7, 11) is 3.71. The standard InChI is InChI=1S/C25H28N8O/c1-26-30-16-33(21-6-7-21)14-17-4-3-5-20(10-17)31-25(34)23-11-18(8-9-27-23)19-12-22-24(28-13-19)32(2)15-29-22/h4,8-13,15-16,21,26H,3,5-7,14H2,1-2H3,(H,31,34)/b30-16-. The number of imidazole rings is 1. The zero-order chi connectivity index (χ0) is 23.5. The van der Waals surface area contributed by atoms with Crippen LogP contribution in [0.1, 0.15) is 36.2 Å². The van der Waals surface area contributed by atoms with Gasteiger partial charge in [-0.05, 0) is 61.1 Å². The first-order valence-electron chi connectivity index (χ1n) is 11.5. The summed E-state index contributed by atoms with van der Waals surface area (Å²) in [4.78, 5) is 28.4. The molecule has 5 rings (SSSR count). The van der Waals surface area contributed by atoms with Gasteiger partial charge in [0.05, 0.1) is 6.33 Å². The van der Waals surface area contributed by atoms with Crippen molar-refractivity contribution in [1.82, 2.24) is 35.2 Å². The number of nitrogens with zero attached hydrogens (tertiary/aromatic N) is 6. The highest BCUT2D eigenvalue weighted by Gasteiger charge is 2.28. The maximum atomic E-state index is 13.0. The third-order valence-corrected chi connectivity index (χ3v) is 6.05. The van der Waals surface area contributed by atoms with E-state index in [9.17, 15) is 4.79 Å². The molecule has 0 spiro atoms. The zero-order valence-corrected chi connectivity index (χ0v) is 19.4. The Bertz CT molecular complexity index is 1300. The number of carbonyl (C=O) groups is 1. The number of carbonyl (C=O) groups excluding carboxylic acids is 1. The minimum atomic E-state index is -0.211. The number of pyridine rings is 2. The zero-order valence-electron chi connectivity index (χ0n) is 19.4. The van der Waals surface area contributed by atoms with Gasteiger partial charge in [0.25, 0.3) is 5.91 Å². The molecule has 0 unspecified atom stereocenters. The van der Waals surface area contributed by atoms with Crippen molar-refractivity contribution in [2.24, 2.45) is 12.1 Å². The molecular formula is C25H28N8O. The highest BCUT2D eigenvalue weighted by atomic mass is 16.1. The fourth-order valence-electron chi connectivity index (χ4n) is 4.11. The van der Waals surface area contributed by atoms with Crippen LogP contribution >= 0.6 is 0 Å². The van der Waals surface area contributed by atoms with Gasteiger partial charge in [-0.1, -0.05) is 6.08 Å². The normalized spacial score (nSPS) is 15.8. The van der Waals surface area contributed by atoms with Crippen molar-refractivity contribution in [1.29, 1.82) is 0 Å². The van der Waals surface area contributed by atoms with Crippen LogP contribution in [-0.4, -0.2) is 56.3 Å². The van der Waals surface area contributed by atoms with Crippen LogP contribution in [0.2, 0.25) is 0 Å². The van der Waals surface area contributed by atoms with Gasteiger partial charge in [0.1, 0.15) is 17.5 Å². The number of aryl methyl sites for hydroxylation is 1. The van der Waals surface area contributed by atoms with Crippen molar-refractivity contribution in [3.63, 3.8) is 0 Å². The van der Waals surface area contributed by atoms with Gasteiger partial charge in [-0.15, -0.1) is 0 Å². The Labute approximate surface area is 198 Å². The van der Waals surface area contributed by atoms with Gasteiger partial charge in [0.15, 0.2) is 5.65 Å². The first kappa shape index (κ1) is 21.8. The summed E-state index contributed by atoms with van der Waals surface area (Å²) in [5.41, 5.74) is 8.70. The molecule has 0 saturated heterocycles. The second-order valence-corrected chi connectivity index (χ2v) is 8.67. The van der Waals surface area contributed by atoms with Crippen molar-refractivity contribution < 1.29 is 4.79 Å². The maximum Gasteiger partial charge on any atom is 0.274 e. The lowest BCUT2D eigenvalue weighted by Crippen LogP contribution is -2.29. The van der Waals surface area contributed by atoms with Crippen LogP contribution in [0, 0.1) is 0 Å².